The lowest BCUT2D eigenvalue weighted by molar-refractivity contribution is -0.116. The number of amides is 1. The predicted octanol–water partition coefficient (Wildman–Crippen LogP) is 19.7. The number of aryl methyl sites for hydroxylation is 1. The standard InChI is InChI=1S/C28H30N8O.C26H22N8.C24H23N7.C23H15N7/c1-17(2)10-25(37)31-20-11-19(13-29-14-20)18-6-7-22-21(12-18)26(35-34-22)28-32-23-15-30-16-24(27(23)33-28)36-8-4-3-5-9-36;1-34(2)15-16-9-18(12-27-11-16)17-6-7-22-19(10-17)25(33-32-22)26-30-23-14-28-13-20(24(23)31-26)21-5-3-4-8-29-21;1-15-7-8-25-12-18(15)16-5-6-19-17(11-16)22(30-29-19)24-27-20-13-26-14-21(23(20)28-24)31-9-3-2-4-10-31;1-2-9-26-18(5-1)17-12-25-13-20-21(17)28-23(27-20)22-16-10-14(6-7-19(16)29-30-22)15-4-3-8-24-11-15/h6-7,11-17H,3-5,8-10H2,1-2H3,(H,31,37)(H,32,33)(H,34,35);3-14H,15H2,1-2H3,(H,30,31)(H,32,33);5-8,11-14H,2-4,9-10H2,1H3,(H,27,28)(H,29,30);1-13H,(H,27,28)(H,29,30). The van der Waals surface area contributed by atoms with E-state index in [-0.39, 0.29) is 5.91 Å². The van der Waals surface area contributed by atoms with Crippen LogP contribution in [-0.4, -0.2) is 182 Å². The van der Waals surface area contributed by atoms with Gasteiger partial charge >= 0.3 is 0 Å². The molecular formula is C101H90N30O. The largest absolute Gasteiger partial charge is 0.368 e. The molecule has 0 bridgehead atoms. The molecule has 0 aliphatic carbocycles. The Kier molecular flexibility index (Phi) is 22.5. The zero-order chi connectivity index (χ0) is 89.1. The second kappa shape index (κ2) is 36.1. The zero-order valence-electron chi connectivity index (χ0n) is 73.0. The molecule has 22 aromatic rings. The Balaban J connectivity index is 0.000000106. The van der Waals surface area contributed by atoms with E-state index in [0.29, 0.717) is 35.5 Å². The SMILES string of the molecule is CC(C)CC(=O)Nc1cncc(-c2ccc3[nH]nc(-c4nc5c(N6CCCCC6)cncc5[nH]4)c3c2)c1.CN(C)Cc1cncc(-c2ccc3[nH]nc(-c4nc5c(-c6ccccn6)cncc5[nH]4)c3c2)c1.Cc1ccncc1-c1ccc2[nH]nc(-c3nc4c(N5CCCCC5)cncc4[nH]3)c2c1.c1ccc(-c2cncc3[nH]c(-c4n[nH]c5ccc(-c6cccnc6)cc45)nc23)nc1. The molecule has 20 heterocycles. The molecule has 31 nitrogen and oxygen atoms in total. The first-order chi connectivity index (χ1) is 64.8. The predicted molar refractivity (Wildman–Crippen MR) is 518 cm³/mol. The maximum Gasteiger partial charge on any atom is 0.224 e. The normalized spacial score (nSPS) is 12.9. The number of aromatic nitrogens is 26. The van der Waals surface area contributed by atoms with E-state index >= 15 is 0 Å². The van der Waals surface area contributed by atoms with Crippen molar-refractivity contribution in [3.05, 3.63) is 262 Å². The van der Waals surface area contributed by atoms with E-state index in [0.717, 1.165) is 227 Å². The first kappa shape index (κ1) is 82.2. The average Bonchev–Trinajstić information content (AvgIpc) is 1.63. The lowest BCUT2D eigenvalue weighted by Gasteiger charge is -2.28. The number of pyridine rings is 10. The van der Waals surface area contributed by atoms with Crippen molar-refractivity contribution in [2.24, 2.45) is 5.92 Å². The monoisotopic (exact) mass is 1740 g/mol. The highest BCUT2D eigenvalue weighted by Crippen LogP contribution is 2.40. The van der Waals surface area contributed by atoms with Gasteiger partial charge in [-0.2, -0.15) is 20.4 Å². The third kappa shape index (κ3) is 16.9. The Morgan fingerprint density at radius 2 is 0.788 bits per heavy atom. The van der Waals surface area contributed by atoms with E-state index < -0.39 is 0 Å². The number of hydrogen-bond donors (Lipinski definition) is 9. The molecule has 4 aromatic carbocycles. The highest BCUT2D eigenvalue weighted by molar-refractivity contribution is 6.03. The molecule has 31 heteroatoms. The number of piperidine rings is 2. The molecule has 0 saturated carbocycles. The Hall–Kier alpha value is -16.8. The minimum Gasteiger partial charge on any atom is -0.368 e. The van der Waals surface area contributed by atoms with Crippen LogP contribution in [0.25, 0.3) is 201 Å². The smallest absolute Gasteiger partial charge is 0.224 e. The van der Waals surface area contributed by atoms with Crippen molar-refractivity contribution in [3.63, 3.8) is 0 Å². The Morgan fingerprint density at radius 3 is 1.24 bits per heavy atom. The van der Waals surface area contributed by atoms with Crippen molar-refractivity contribution >= 4 is 111 Å². The van der Waals surface area contributed by atoms with Gasteiger partial charge in [0.05, 0.1) is 116 Å². The molecular weight excluding hydrogens is 1650 g/mol. The molecule has 0 radical (unpaired) electrons. The fraction of sp³-hybridized carbons (Fsp3) is 0.178. The van der Waals surface area contributed by atoms with Crippen LogP contribution < -0.4 is 15.1 Å². The lowest BCUT2D eigenvalue weighted by atomic mass is 10.0. The van der Waals surface area contributed by atoms with Crippen LogP contribution in [0, 0.1) is 12.8 Å². The Labute approximate surface area is 755 Å². The molecule has 24 rings (SSSR count). The molecule has 2 saturated heterocycles. The Morgan fingerprint density at radius 1 is 0.371 bits per heavy atom. The summed E-state index contributed by atoms with van der Waals surface area (Å²) < 4.78 is 0. The molecule has 0 spiro atoms. The number of rotatable bonds is 17. The van der Waals surface area contributed by atoms with Crippen molar-refractivity contribution in [1.29, 1.82) is 0 Å². The van der Waals surface area contributed by atoms with Crippen LogP contribution in [0.5, 0.6) is 0 Å². The molecule has 0 atom stereocenters. The summed E-state index contributed by atoms with van der Waals surface area (Å²) in [7, 11) is 4.11. The summed E-state index contributed by atoms with van der Waals surface area (Å²) in [6, 6.07) is 46.7. The van der Waals surface area contributed by atoms with E-state index in [4.69, 9.17) is 19.9 Å². The van der Waals surface area contributed by atoms with Crippen LogP contribution in [0.3, 0.4) is 0 Å². The number of carbonyl (C=O) groups is 1. The van der Waals surface area contributed by atoms with Crippen LogP contribution in [0.1, 0.15) is 69.9 Å². The van der Waals surface area contributed by atoms with Crippen LogP contribution in [0.4, 0.5) is 17.1 Å². The van der Waals surface area contributed by atoms with Crippen molar-refractivity contribution in [3.8, 4) is 113 Å². The molecule has 0 unspecified atom stereocenters. The van der Waals surface area contributed by atoms with E-state index in [1.165, 1.54) is 49.7 Å². The fourth-order valence-electron chi connectivity index (χ4n) is 17.4. The van der Waals surface area contributed by atoms with Gasteiger partial charge in [0, 0.05) is 162 Å². The number of nitrogens with zero attached hydrogens (tertiary/aromatic N) is 21. The van der Waals surface area contributed by atoms with Gasteiger partial charge in [-0.05, 0) is 196 Å². The summed E-state index contributed by atoms with van der Waals surface area (Å²) >= 11 is 0. The Bertz CT molecular complexity index is 7930. The van der Waals surface area contributed by atoms with Gasteiger partial charge in [-0.3, -0.25) is 75.0 Å². The third-order valence-corrected chi connectivity index (χ3v) is 23.9. The average molecular weight is 1740 g/mol. The number of benzene rings is 4. The van der Waals surface area contributed by atoms with Gasteiger partial charge in [0.1, 0.15) is 44.8 Å². The van der Waals surface area contributed by atoms with Crippen molar-refractivity contribution < 1.29 is 4.79 Å². The maximum absolute atomic E-state index is 12.2. The molecule has 2 fully saturated rings. The summed E-state index contributed by atoms with van der Waals surface area (Å²) in [5, 5.41) is 37.7. The number of carbonyl (C=O) groups excluding carboxylic acids is 1. The summed E-state index contributed by atoms with van der Waals surface area (Å²) in [6.07, 6.45) is 40.7. The van der Waals surface area contributed by atoms with Crippen molar-refractivity contribution in [1.82, 2.24) is 135 Å². The quantitative estimate of drug-likeness (QED) is 0.0409. The number of aromatic amines is 8. The number of anilines is 3. The highest BCUT2D eigenvalue weighted by atomic mass is 16.1. The van der Waals surface area contributed by atoms with E-state index in [2.05, 4.69) is 206 Å². The fourth-order valence-corrected chi connectivity index (χ4v) is 17.4. The molecule has 132 heavy (non-hydrogen) atoms. The van der Waals surface area contributed by atoms with Crippen molar-refractivity contribution in [2.75, 3.05) is 55.4 Å². The second-order valence-electron chi connectivity index (χ2n) is 33.8. The molecule has 2 aliphatic rings. The van der Waals surface area contributed by atoms with Gasteiger partial charge in [0.2, 0.25) is 5.91 Å². The highest BCUT2D eigenvalue weighted by Gasteiger charge is 2.25. The van der Waals surface area contributed by atoms with Crippen LogP contribution >= 0.6 is 0 Å². The van der Waals surface area contributed by atoms with Crippen LogP contribution in [0.15, 0.2) is 251 Å². The molecule has 18 aromatic heterocycles. The van der Waals surface area contributed by atoms with Gasteiger partial charge in [0.15, 0.2) is 23.3 Å². The minimum absolute atomic E-state index is 0.00943. The van der Waals surface area contributed by atoms with E-state index in [1.54, 1.807) is 55.8 Å². The van der Waals surface area contributed by atoms with Gasteiger partial charge in [-0.15, -0.1) is 0 Å². The van der Waals surface area contributed by atoms with Gasteiger partial charge in [-0.25, -0.2) is 19.9 Å². The second-order valence-corrected chi connectivity index (χ2v) is 33.8. The maximum atomic E-state index is 12.2. The zero-order valence-corrected chi connectivity index (χ0v) is 73.0. The molecule has 1 amide bonds. The van der Waals surface area contributed by atoms with Gasteiger partial charge < -0.3 is 40.0 Å². The summed E-state index contributed by atoms with van der Waals surface area (Å²) in [4.78, 5) is 96.4. The number of H-pyrrole nitrogens is 8. The first-order valence-corrected chi connectivity index (χ1v) is 44.1. The minimum atomic E-state index is -0.00943. The van der Waals surface area contributed by atoms with E-state index in [1.807, 2.05) is 155 Å². The molecule has 2 aliphatic heterocycles. The van der Waals surface area contributed by atoms with Crippen LogP contribution in [-0.2, 0) is 11.3 Å². The number of nitrogens with one attached hydrogen (secondary N) is 9. The van der Waals surface area contributed by atoms with Gasteiger partial charge in [0.25, 0.3) is 0 Å². The molecule has 650 valence electrons. The summed E-state index contributed by atoms with van der Waals surface area (Å²) in [6.45, 7) is 11.2. The summed E-state index contributed by atoms with van der Waals surface area (Å²) in [5.74, 6) is 3.12. The summed E-state index contributed by atoms with van der Waals surface area (Å²) in [5.41, 5.74) is 31.0. The van der Waals surface area contributed by atoms with Gasteiger partial charge in [-0.1, -0.05) is 56.3 Å². The lowest BCUT2D eigenvalue weighted by Crippen LogP contribution is -2.29. The molecule has 9 N–H and O–H groups in total. The van der Waals surface area contributed by atoms with E-state index in [9.17, 15) is 4.79 Å². The number of imidazole rings is 4. The van der Waals surface area contributed by atoms with Crippen molar-refractivity contribution in [2.45, 2.75) is 72.3 Å². The van der Waals surface area contributed by atoms with Crippen LogP contribution in [0.2, 0.25) is 0 Å². The number of fused-ring (bicyclic) bond motifs is 8. The topological polar surface area (TPSA) is 397 Å². The number of hydrogen-bond acceptors (Lipinski definition) is 22. The first-order valence-electron chi connectivity index (χ1n) is 44.1. The third-order valence-electron chi connectivity index (χ3n) is 23.9.